The van der Waals surface area contributed by atoms with Crippen molar-refractivity contribution in [2.75, 3.05) is 5.32 Å². The molecule has 21 heavy (non-hydrogen) atoms. The van der Waals surface area contributed by atoms with E-state index in [9.17, 15) is 9.18 Å². The molecule has 2 aromatic rings. The summed E-state index contributed by atoms with van der Waals surface area (Å²) in [5, 5.41) is 2.83. The van der Waals surface area contributed by atoms with E-state index in [1.807, 2.05) is 36.4 Å². The number of allylic oxidation sites excluding steroid dienone is 1. The number of amides is 1. The third-order valence-corrected chi connectivity index (χ3v) is 3.66. The molecule has 0 spiro atoms. The van der Waals surface area contributed by atoms with Gasteiger partial charge in [0.25, 0.3) is 0 Å². The third kappa shape index (κ3) is 3.19. The minimum Gasteiger partial charge on any atom is -0.323 e. The molecule has 1 amide bonds. The molecule has 0 aromatic heterocycles. The second-order valence-corrected chi connectivity index (χ2v) is 5.18. The molecule has 0 unspecified atom stereocenters. The summed E-state index contributed by atoms with van der Waals surface area (Å²) in [4.78, 5) is 12.1. The van der Waals surface area contributed by atoms with Crippen molar-refractivity contribution >= 4 is 17.2 Å². The Labute approximate surface area is 123 Å². The van der Waals surface area contributed by atoms with Crippen molar-refractivity contribution in [1.29, 1.82) is 0 Å². The summed E-state index contributed by atoms with van der Waals surface area (Å²) in [6.07, 6.45) is 4.32. The topological polar surface area (TPSA) is 29.1 Å². The van der Waals surface area contributed by atoms with Gasteiger partial charge in [0.05, 0.1) is 0 Å². The third-order valence-electron chi connectivity index (χ3n) is 3.66. The van der Waals surface area contributed by atoms with Gasteiger partial charge in [0, 0.05) is 11.8 Å². The molecule has 0 atom stereocenters. The van der Waals surface area contributed by atoms with E-state index >= 15 is 0 Å². The molecule has 0 aliphatic heterocycles. The van der Waals surface area contributed by atoms with E-state index in [0.29, 0.717) is 0 Å². The van der Waals surface area contributed by atoms with Gasteiger partial charge >= 0.3 is 0 Å². The highest BCUT2D eigenvalue weighted by Crippen LogP contribution is 2.31. The molecular weight excluding hydrogens is 265 g/mol. The van der Waals surface area contributed by atoms with E-state index in [4.69, 9.17) is 0 Å². The molecule has 2 aromatic carbocycles. The highest BCUT2D eigenvalue weighted by atomic mass is 19.1. The van der Waals surface area contributed by atoms with Crippen LogP contribution in [0, 0.1) is 5.82 Å². The van der Waals surface area contributed by atoms with Gasteiger partial charge in [-0.3, -0.25) is 4.79 Å². The average Bonchev–Trinajstić information content (AvgIpc) is 2.49. The van der Waals surface area contributed by atoms with Crippen molar-refractivity contribution in [1.82, 2.24) is 0 Å². The summed E-state index contributed by atoms with van der Waals surface area (Å²) in [7, 11) is 0. The highest BCUT2D eigenvalue weighted by Gasteiger charge is 2.15. The molecule has 1 aliphatic rings. The lowest BCUT2D eigenvalue weighted by molar-refractivity contribution is -0.111. The predicted octanol–water partition coefficient (Wildman–Crippen LogP) is 4.18. The van der Waals surface area contributed by atoms with Crippen LogP contribution < -0.4 is 5.32 Å². The summed E-state index contributed by atoms with van der Waals surface area (Å²) in [6, 6.07) is 14.1. The van der Waals surface area contributed by atoms with Crippen LogP contribution in [0.5, 0.6) is 0 Å². The maximum absolute atomic E-state index is 13.4. The number of anilines is 1. The normalized spacial score (nSPS) is 15.6. The largest absolute Gasteiger partial charge is 0.323 e. The van der Waals surface area contributed by atoms with Crippen molar-refractivity contribution < 1.29 is 9.18 Å². The number of aryl methyl sites for hydroxylation is 1. The number of nitrogens with one attached hydrogen (secondary N) is 1. The van der Waals surface area contributed by atoms with Crippen molar-refractivity contribution in [3.05, 3.63) is 71.6 Å². The Morgan fingerprint density at radius 3 is 2.71 bits per heavy atom. The molecule has 0 fully saturated rings. The van der Waals surface area contributed by atoms with Crippen LogP contribution in [0.1, 0.15) is 24.0 Å². The average molecular weight is 281 g/mol. The number of benzene rings is 2. The Hall–Kier alpha value is -2.42. The highest BCUT2D eigenvalue weighted by molar-refractivity contribution is 6.04. The number of hydrogen-bond acceptors (Lipinski definition) is 1. The molecule has 0 radical (unpaired) electrons. The number of fused-ring (bicyclic) bond motifs is 1. The van der Waals surface area contributed by atoms with E-state index in [1.54, 1.807) is 6.08 Å². The Balaban J connectivity index is 1.84. The number of rotatable bonds is 2. The Bertz CT molecular complexity index is 692. The predicted molar refractivity (Wildman–Crippen MR) is 82.4 cm³/mol. The number of hydrogen-bond donors (Lipinski definition) is 1. The first kappa shape index (κ1) is 13.6. The van der Waals surface area contributed by atoms with Crippen LogP contribution in [0.25, 0.3) is 5.57 Å². The van der Waals surface area contributed by atoms with Gasteiger partial charge in [-0.25, -0.2) is 4.39 Å². The van der Waals surface area contributed by atoms with E-state index in [-0.39, 0.29) is 11.7 Å². The lowest BCUT2D eigenvalue weighted by Crippen LogP contribution is -2.10. The minimum absolute atomic E-state index is 0.173. The fourth-order valence-electron chi connectivity index (χ4n) is 2.68. The van der Waals surface area contributed by atoms with Gasteiger partial charge in [-0.15, -0.1) is 0 Å². The van der Waals surface area contributed by atoms with Crippen molar-refractivity contribution in [2.24, 2.45) is 0 Å². The van der Waals surface area contributed by atoms with Crippen molar-refractivity contribution in [3.8, 4) is 0 Å². The van der Waals surface area contributed by atoms with Crippen LogP contribution in [0.4, 0.5) is 10.1 Å². The van der Waals surface area contributed by atoms with Crippen LogP contribution in [0.3, 0.4) is 0 Å². The van der Waals surface area contributed by atoms with E-state index in [2.05, 4.69) is 5.32 Å². The zero-order valence-electron chi connectivity index (χ0n) is 11.6. The smallest absolute Gasteiger partial charge is 0.248 e. The fourth-order valence-corrected chi connectivity index (χ4v) is 2.68. The van der Waals surface area contributed by atoms with E-state index in [1.165, 1.54) is 12.1 Å². The van der Waals surface area contributed by atoms with Gasteiger partial charge in [-0.1, -0.05) is 24.3 Å². The zero-order valence-corrected chi connectivity index (χ0v) is 11.6. The van der Waals surface area contributed by atoms with Crippen LogP contribution in [-0.4, -0.2) is 5.91 Å². The van der Waals surface area contributed by atoms with E-state index < -0.39 is 0 Å². The van der Waals surface area contributed by atoms with Crippen LogP contribution >= 0.6 is 0 Å². The molecule has 0 saturated heterocycles. The molecule has 0 saturated carbocycles. The zero-order chi connectivity index (χ0) is 14.7. The van der Waals surface area contributed by atoms with Gasteiger partial charge in [0.2, 0.25) is 5.91 Å². The van der Waals surface area contributed by atoms with Gasteiger partial charge in [-0.05, 0) is 60.2 Å². The lowest BCUT2D eigenvalue weighted by Gasteiger charge is -2.19. The molecule has 3 rings (SSSR count). The van der Waals surface area contributed by atoms with Crippen molar-refractivity contribution in [3.63, 3.8) is 0 Å². The maximum atomic E-state index is 13.4. The van der Waals surface area contributed by atoms with Crippen LogP contribution in [0.15, 0.2) is 54.6 Å². The number of para-hydroxylation sites is 1. The molecule has 3 heteroatoms. The van der Waals surface area contributed by atoms with Gasteiger partial charge in [-0.2, -0.15) is 0 Å². The molecule has 0 bridgehead atoms. The molecule has 106 valence electrons. The summed E-state index contributed by atoms with van der Waals surface area (Å²) in [5.74, 6) is -0.432. The second kappa shape index (κ2) is 5.92. The Kier molecular flexibility index (Phi) is 3.82. The van der Waals surface area contributed by atoms with E-state index in [0.717, 1.165) is 41.6 Å². The first-order chi connectivity index (χ1) is 10.2. The SMILES string of the molecule is O=C(/C=C1/CCCc2ccc(F)cc21)Nc1ccccc1. The number of halogens is 1. The first-order valence-electron chi connectivity index (χ1n) is 7.08. The molecule has 1 aliphatic carbocycles. The lowest BCUT2D eigenvalue weighted by atomic mass is 9.87. The van der Waals surface area contributed by atoms with Crippen molar-refractivity contribution in [2.45, 2.75) is 19.3 Å². The first-order valence-corrected chi connectivity index (χ1v) is 7.08. The van der Waals surface area contributed by atoms with Gasteiger partial charge in [0.1, 0.15) is 5.82 Å². The fraction of sp³-hybridized carbons (Fsp3) is 0.167. The molecule has 0 heterocycles. The summed E-state index contributed by atoms with van der Waals surface area (Å²) in [6.45, 7) is 0. The van der Waals surface area contributed by atoms with Crippen LogP contribution in [-0.2, 0) is 11.2 Å². The Morgan fingerprint density at radius 1 is 1.10 bits per heavy atom. The van der Waals surface area contributed by atoms with Gasteiger partial charge in [0.15, 0.2) is 0 Å². The standard InChI is InChI=1S/C18H16FNO/c19-15-10-9-13-5-4-6-14(17(13)12-15)11-18(21)20-16-7-2-1-3-8-16/h1-3,7-12H,4-6H2,(H,20,21)/b14-11-. The molecule has 1 N–H and O–H groups in total. The summed E-state index contributed by atoms with van der Waals surface area (Å²) >= 11 is 0. The number of carbonyl (C=O) groups is 1. The quantitative estimate of drug-likeness (QED) is 0.822. The summed E-state index contributed by atoms with van der Waals surface area (Å²) in [5.41, 5.74) is 3.64. The summed E-state index contributed by atoms with van der Waals surface area (Å²) < 4.78 is 13.4. The molecular formula is C18H16FNO. The monoisotopic (exact) mass is 281 g/mol. The Morgan fingerprint density at radius 2 is 1.90 bits per heavy atom. The second-order valence-electron chi connectivity index (χ2n) is 5.18. The van der Waals surface area contributed by atoms with Gasteiger partial charge < -0.3 is 5.32 Å². The van der Waals surface area contributed by atoms with Crippen LogP contribution in [0.2, 0.25) is 0 Å². The molecule has 2 nitrogen and oxygen atoms in total. The maximum Gasteiger partial charge on any atom is 0.248 e. The number of carbonyl (C=O) groups excluding carboxylic acids is 1. The minimum atomic E-state index is -0.259.